The van der Waals surface area contributed by atoms with Crippen LogP contribution in [0, 0.1) is 6.92 Å². The number of anilines is 3. The maximum Gasteiger partial charge on any atom is 0.137 e. The van der Waals surface area contributed by atoms with E-state index in [2.05, 4.69) is 121 Å². The fraction of sp³-hybridized carbons (Fsp3) is 0.121. The van der Waals surface area contributed by atoms with Gasteiger partial charge in [-0.1, -0.05) is 68.4 Å². The first-order chi connectivity index (χ1) is 17.5. The number of benzene rings is 4. The topological polar surface area (TPSA) is 21.1 Å². The number of hydrogen-bond acceptors (Lipinski definition) is 2. The first kappa shape index (κ1) is 21.0. The molecule has 3 nitrogen and oxygen atoms in total. The van der Waals surface area contributed by atoms with Gasteiger partial charge in [0.15, 0.2) is 0 Å². The molecule has 0 atom stereocenters. The van der Waals surface area contributed by atoms with Crippen molar-refractivity contribution in [2.24, 2.45) is 0 Å². The second-order valence-corrected chi connectivity index (χ2v) is 10.2. The molecule has 0 saturated heterocycles. The van der Waals surface area contributed by atoms with E-state index in [-0.39, 0.29) is 5.41 Å². The average molecular weight is 466 g/mol. The van der Waals surface area contributed by atoms with Crippen LogP contribution in [0.5, 0.6) is 0 Å². The number of aryl methyl sites for hydroxylation is 1. The molecule has 1 aliphatic rings. The fourth-order valence-electron chi connectivity index (χ4n) is 5.96. The van der Waals surface area contributed by atoms with Gasteiger partial charge in [-0.05, 0) is 72.1 Å². The van der Waals surface area contributed by atoms with Crippen LogP contribution in [0.4, 0.5) is 17.2 Å². The van der Waals surface area contributed by atoms with Gasteiger partial charge in [-0.3, -0.25) is 4.90 Å². The predicted molar refractivity (Wildman–Crippen MR) is 150 cm³/mol. The van der Waals surface area contributed by atoms with Crippen molar-refractivity contribution in [2.45, 2.75) is 26.2 Å². The summed E-state index contributed by atoms with van der Waals surface area (Å²) >= 11 is 0. The minimum absolute atomic E-state index is 0.0646. The Bertz CT molecular complexity index is 1780. The van der Waals surface area contributed by atoms with Crippen LogP contribution in [0.2, 0.25) is 0 Å². The highest BCUT2D eigenvalue weighted by molar-refractivity contribution is 6.12. The van der Waals surface area contributed by atoms with Crippen molar-refractivity contribution in [2.75, 3.05) is 4.90 Å². The number of hydrogen-bond donors (Lipinski definition) is 0. The van der Waals surface area contributed by atoms with Crippen molar-refractivity contribution >= 4 is 39.0 Å². The van der Waals surface area contributed by atoms with E-state index in [0.29, 0.717) is 0 Å². The zero-order valence-electron chi connectivity index (χ0n) is 20.7. The van der Waals surface area contributed by atoms with Crippen molar-refractivity contribution in [3.63, 3.8) is 0 Å². The highest BCUT2D eigenvalue weighted by Gasteiger charge is 2.34. The van der Waals surface area contributed by atoms with Crippen molar-refractivity contribution < 1.29 is 0 Å². The second kappa shape index (κ2) is 7.56. The summed E-state index contributed by atoms with van der Waals surface area (Å²) in [6, 6.07) is 37.1. The van der Waals surface area contributed by atoms with Crippen LogP contribution in [-0.2, 0) is 5.41 Å². The van der Waals surface area contributed by atoms with Gasteiger partial charge in [0, 0.05) is 33.8 Å². The molecule has 3 heteroatoms. The van der Waals surface area contributed by atoms with Crippen LogP contribution in [0.3, 0.4) is 0 Å². The molecule has 1 aliphatic heterocycles. The quantitative estimate of drug-likeness (QED) is 0.261. The van der Waals surface area contributed by atoms with E-state index in [9.17, 15) is 0 Å². The lowest BCUT2D eigenvalue weighted by molar-refractivity contribution is 0.630. The van der Waals surface area contributed by atoms with E-state index in [1.807, 2.05) is 18.3 Å². The molecule has 0 bridgehead atoms. The number of para-hydroxylation sites is 2. The van der Waals surface area contributed by atoms with E-state index < -0.39 is 0 Å². The molecule has 0 radical (unpaired) electrons. The molecule has 0 aliphatic carbocycles. The Kier molecular flexibility index (Phi) is 4.40. The van der Waals surface area contributed by atoms with Crippen molar-refractivity contribution in [3.8, 4) is 5.69 Å². The smallest absolute Gasteiger partial charge is 0.137 e. The first-order valence-corrected chi connectivity index (χ1v) is 12.5. The van der Waals surface area contributed by atoms with Gasteiger partial charge in [0.25, 0.3) is 0 Å². The van der Waals surface area contributed by atoms with Crippen LogP contribution in [-0.4, -0.2) is 9.55 Å². The van der Waals surface area contributed by atoms with E-state index in [1.54, 1.807) is 0 Å². The van der Waals surface area contributed by atoms with Gasteiger partial charge in [0.2, 0.25) is 0 Å². The summed E-state index contributed by atoms with van der Waals surface area (Å²) in [7, 11) is 0. The van der Waals surface area contributed by atoms with Gasteiger partial charge in [-0.2, -0.15) is 0 Å². The third kappa shape index (κ3) is 2.89. The minimum atomic E-state index is -0.0646. The Balaban J connectivity index is 1.54. The van der Waals surface area contributed by atoms with E-state index >= 15 is 0 Å². The molecule has 2 aromatic heterocycles. The van der Waals surface area contributed by atoms with Gasteiger partial charge in [0.1, 0.15) is 5.82 Å². The predicted octanol–water partition coefficient (Wildman–Crippen LogP) is 8.60. The Morgan fingerprint density at radius 3 is 2.31 bits per heavy atom. The Morgan fingerprint density at radius 1 is 0.694 bits per heavy atom. The Morgan fingerprint density at radius 2 is 1.47 bits per heavy atom. The van der Waals surface area contributed by atoms with Gasteiger partial charge in [0.05, 0.1) is 16.7 Å². The molecular weight excluding hydrogens is 438 g/mol. The molecule has 6 aromatic rings. The van der Waals surface area contributed by atoms with Gasteiger partial charge in [-0.25, -0.2) is 4.98 Å². The second-order valence-electron chi connectivity index (χ2n) is 10.2. The maximum atomic E-state index is 4.72. The molecule has 174 valence electrons. The van der Waals surface area contributed by atoms with E-state index in [4.69, 9.17) is 4.98 Å². The molecule has 0 fully saturated rings. The van der Waals surface area contributed by atoms with Crippen LogP contribution < -0.4 is 4.90 Å². The molecule has 36 heavy (non-hydrogen) atoms. The third-order valence-electron chi connectivity index (χ3n) is 7.66. The largest absolute Gasteiger partial charge is 0.309 e. The Labute approximate surface area is 211 Å². The number of fused-ring (bicyclic) bond motifs is 5. The molecule has 3 heterocycles. The van der Waals surface area contributed by atoms with Crippen molar-refractivity contribution in [1.82, 2.24) is 9.55 Å². The lowest BCUT2D eigenvalue weighted by Crippen LogP contribution is -2.26. The summed E-state index contributed by atoms with van der Waals surface area (Å²) in [5, 5.41) is 2.54. The molecule has 0 unspecified atom stereocenters. The Hall–Kier alpha value is -4.37. The lowest BCUT2D eigenvalue weighted by atomic mass is 9.75. The number of pyridine rings is 1. The lowest BCUT2D eigenvalue weighted by Gasteiger charge is -2.34. The molecular formula is C33H27N3. The molecule has 0 N–H and O–H groups in total. The number of rotatable bonds is 3. The highest BCUT2D eigenvalue weighted by atomic mass is 15.2. The third-order valence-corrected chi connectivity index (χ3v) is 7.66. The normalized spacial score (nSPS) is 13.6. The molecule has 4 aromatic carbocycles. The SMILES string of the molecule is Cc1cccc(N(c2ccc3c(c2)c2cccc4c2n3-c2ccccc2C4(C)C)c2ccccn2)c1. The van der Waals surface area contributed by atoms with Crippen molar-refractivity contribution in [1.29, 1.82) is 0 Å². The first-order valence-electron chi connectivity index (χ1n) is 12.5. The summed E-state index contributed by atoms with van der Waals surface area (Å²) < 4.78 is 2.46. The number of nitrogens with zero attached hydrogens (tertiary/aromatic N) is 3. The standard InChI is InChI=1S/C33H27N3/c1-22-10-8-11-23(20-22)35(31-16-6-7-19-34-31)24-17-18-29-26(21-24)25-12-9-14-28-32(25)36(29)30-15-5-4-13-27(30)33(28,2)3/h4-21H,1-3H3. The summed E-state index contributed by atoms with van der Waals surface area (Å²) in [5.74, 6) is 0.905. The summed E-state index contributed by atoms with van der Waals surface area (Å²) in [6.07, 6.45) is 1.86. The highest BCUT2D eigenvalue weighted by Crippen LogP contribution is 2.48. The minimum Gasteiger partial charge on any atom is -0.309 e. The molecule has 0 spiro atoms. The van der Waals surface area contributed by atoms with Crippen LogP contribution in [0.15, 0.2) is 109 Å². The number of aromatic nitrogens is 2. The zero-order valence-corrected chi connectivity index (χ0v) is 20.7. The van der Waals surface area contributed by atoms with Crippen LogP contribution in [0.1, 0.15) is 30.5 Å². The maximum absolute atomic E-state index is 4.72. The van der Waals surface area contributed by atoms with E-state index in [0.717, 1.165) is 17.2 Å². The summed E-state index contributed by atoms with van der Waals surface area (Å²) in [5.41, 5.74) is 9.91. The van der Waals surface area contributed by atoms with Crippen LogP contribution in [0.25, 0.3) is 27.5 Å². The van der Waals surface area contributed by atoms with Crippen LogP contribution >= 0.6 is 0 Å². The monoisotopic (exact) mass is 465 g/mol. The molecule has 0 saturated carbocycles. The summed E-state index contributed by atoms with van der Waals surface area (Å²) in [4.78, 5) is 6.97. The van der Waals surface area contributed by atoms with Gasteiger partial charge >= 0.3 is 0 Å². The average Bonchev–Trinajstić information content (AvgIpc) is 3.23. The van der Waals surface area contributed by atoms with Crippen molar-refractivity contribution in [3.05, 3.63) is 126 Å². The summed E-state index contributed by atoms with van der Waals surface area (Å²) in [6.45, 7) is 6.81. The van der Waals surface area contributed by atoms with Gasteiger partial charge in [-0.15, -0.1) is 0 Å². The molecule has 7 rings (SSSR count). The zero-order chi connectivity index (χ0) is 24.4. The van der Waals surface area contributed by atoms with E-state index in [1.165, 1.54) is 44.2 Å². The fourth-order valence-corrected chi connectivity index (χ4v) is 5.96. The van der Waals surface area contributed by atoms with Gasteiger partial charge < -0.3 is 4.57 Å². The molecule has 0 amide bonds.